The highest BCUT2D eigenvalue weighted by atomic mass is 32.1. The molecular formula is C11H21N3O2S. The number of rotatable bonds is 9. The third-order valence-electron chi connectivity index (χ3n) is 2.15. The Balaban J connectivity index is 2.32. The minimum atomic E-state index is 0.0793. The van der Waals surface area contributed by atoms with Crippen LogP contribution in [0.4, 0.5) is 5.00 Å². The fourth-order valence-corrected chi connectivity index (χ4v) is 1.82. The van der Waals surface area contributed by atoms with Crippen LogP contribution >= 0.6 is 11.5 Å². The zero-order chi connectivity index (χ0) is 12.5. The van der Waals surface area contributed by atoms with Gasteiger partial charge in [-0.2, -0.15) is 0 Å². The molecule has 0 aromatic carbocycles. The smallest absolute Gasteiger partial charge is 0.135 e. The number of hydrogen-bond acceptors (Lipinski definition) is 6. The average molecular weight is 259 g/mol. The highest BCUT2D eigenvalue weighted by Crippen LogP contribution is 2.18. The number of ether oxygens (including phenoxy) is 2. The van der Waals surface area contributed by atoms with Gasteiger partial charge in [0.15, 0.2) is 0 Å². The number of nitrogens with zero attached hydrogens (tertiary/aromatic N) is 2. The summed E-state index contributed by atoms with van der Waals surface area (Å²) in [6, 6.07) is 0. The van der Waals surface area contributed by atoms with Crippen LogP contribution < -0.4 is 5.32 Å². The van der Waals surface area contributed by atoms with Gasteiger partial charge in [-0.3, -0.25) is 0 Å². The average Bonchev–Trinajstić information content (AvgIpc) is 2.78. The molecule has 98 valence electrons. The fourth-order valence-electron chi connectivity index (χ4n) is 1.23. The quantitative estimate of drug-likeness (QED) is 0.737. The Kier molecular flexibility index (Phi) is 7.07. The predicted molar refractivity (Wildman–Crippen MR) is 69.4 cm³/mol. The maximum absolute atomic E-state index is 5.65. The van der Waals surface area contributed by atoms with E-state index in [0.717, 1.165) is 30.3 Å². The zero-order valence-corrected chi connectivity index (χ0v) is 11.5. The molecule has 1 aromatic rings. The van der Waals surface area contributed by atoms with Crippen LogP contribution in [0.15, 0.2) is 0 Å². The van der Waals surface area contributed by atoms with Gasteiger partial charge in [-0.1, -0.05) is 11.4 Å². The number of nitrogens with one attached hydrogen (secondary N) is 1. The summed E-state index contributed by atoms with van der Waals surface area (Å²) in [5.41, 5.74) is 0.881. The van der Waals surface area contributed by atoms with Gasteiger partial charge in [0.2, 0.25) is 0 Å². The van der Waals surface area contributed by atoms with Gasteiger partial charge in [-0.15, -0.1) is 5.10 Å². The van der Waals surface area contributed by atoms with E-state index >= 15 is 0 Å². The Morgan fingerprint density at radius 3 is 2.94 bits per heavy atom. The Labute approximate surface area is 107 Å². The third-order valence-corrected chi connectivity index (χ3v) is 2.88. The van der Waals surface area contributed by atoms with Crippen molar-refractivity contribution in [2.24, 2.45) is 0 Å². The first-order valence-corrected chi connectivity index (χ1v) is 6.79. The normalized spacial score (nSPS) is 12.6. The maximum Gasteiger partial charge on any atom is 0.135 e. The summed E-state index contributed by atoms with van der Waals surface area (Å²) >= 11 is 1.38. The Hall–Kier alpha value is -0.720. The van der Waals surface area contributed by atoms with Crippen molar-refractivity contribution in [1.29, 1.82) is 0 Å². The number of hydrogen-bond donors (Lipinski definition) is 1. The van der Waals surface area contributed by atoms with Gasteiger partial charge in [-0.05, 0) is 20.3 Å². The molecule has 0 aliphatic carbocycles. The minimum Gasteiger partial charge on any atom is -0.379 e. The van der Waals surface area contributed by atoms with Gasteiger partial charge in [0.25, 0.3) is 0 Å². The summed E-state index contributed by atoms with van der Waals surface area (Å²) < 4.78 is 14.9. The lowest BCUT2D eigenvalue weighted by Gasteiger charge is -2.12. The van der Waals surface area contributed by atoms with E-state index in [2.05, 4.69) is 21.8 Å². The minimum absolute atomic E-state index is 0.0793. The molecule has 6 heteroatoms. The van der Waals surface area contributed by atoms with E-state index in [1.54, 1.807) is 0 Å². The molecule has 0 aliphatic heterocycles. The first-order chi connectivity index (χ1) is 8.27. The lowest BCUT2D eigenvalue weighted by molar-refractivity contribution is -0.0125. The highest BCUT2D eigenvalue weighted by molar-refractivity contribution is 7.10. The summed E-state index contributed by atoms with van der Waals surface area (Å²) in [5.74, 6) is 0. The van der Waals surface area contributed by atoms with E-state index < -0.39 is 0 Å². The summed E-state index contributed by atoms with van der Waals surface area (Å²) in [6.45, 7) is 8.85. The van der Waals surface area contributed by atoms with Gasteiger partial charge in [-0.25, -0.2) is 0 Å². The molecule has 1 heterocycles. The van der Waals surface area contributed by atoms with Gasteiger partial charge in [0.05, 0.1) is 19.3 Å². The number of anilines is 1. The van der Waals surface area contributed by atoms with Crippen LogP contribution in [0.1, 0.15) is 32.9 Å². The fraction of sp³-hybridized carbons (Fsp3) is 0.818. The van der Waals surface area contributed by atoms with Gasteiger partial charge in [0, 0.05) is 24.7 Å². The Morgan fingerprint density at radius 1 is 1.41 bits per heavy atom. The molecule has 17 heavy (non-hydrogen) atoms. The molecule has 0 bridgehead atoms. The van der Waals surface area contributed by atoms with Crippen molar-refractivity contribution in [3.63, 3.8) is 0 Å². The molecule has 5 nitrogen and oxygen atoms in total. The predicted octanol–water partition coefficient (Wildman–Crippen LogP) is 2.30. The highest BCUT2D eigenvalue weighted by Gasteiger charge is 2.09. The van der Waals surface area contributed by atoms with Crippen molar-refractivity contribution in [2.75, 3.05) is 25.1 Å². The molecule has 1 unspecified atom stereocenters. The van der Waals surface area contributed by atoms with Gasteiger partial charge >= 0.3 is 0 Å². The van der Waals surface area contributed by atoms with Crippen molar-refractivity contribution in [3.05, 3.63) is 5.69 Å². The van der Waals surface area contributed by atoms with Crippen molar-refractivity contribution in [3.8, 4) is 0 Å². The maximum atomic E-state index is 5.65. The van der Waals surface area contributed by atoms with Crippen LogP contribution in [-0.2, 0) is 16.1 Å². The van der Waals surface area contributed by atoms with Crippen LogP contribution in [0, 0.1) is 0 Å². The van der Waals surface area contributed by atoms with Crippen LogP contribution in [0.3, 0.4) is 0 Å². The second-order valence-electron chi connectivity index (χ2n) is 3.76. The standard InChI is InChI=1S/C11H21N3O2S/c1-4-6-12-11-10(13-14-17-11)8-16-9(3)7-15-5-2/h9,12H,4-8H2,1-3H3. The molecule has 0 saturated heterocycles. The van der Waals surface area contributed by atoms with Crippen LogP contribution in [0.5, 0.6) is 0 Å². The molecule has 1 atom stereocenters. The topological polar surface area (TPSA) is 56.3 Å². The van der Waals surface area contributed by atoms with Crippen molar-refractivity contribution >= 4 is 16.5 Å². The summed E-state index contributed by atoms with van der Waals surface area (Å²) in [4.78, 5) is 0. The van der Waals surface area contributed by atoms with E-state index in [-0.39, 0.29) is 6.10 Å². The summed E-state index contributed by atoms with van der Waals surface area (Å²) in [6.07, 6.45) is 1.16. The first kappa shape index (κ1) is 14.3. The lowest BCUT2D eigenvalue weighted by atomic mass is 10.4. The van der Waals surface area contributed by atoms with Crippen LogP contribution in [0.25, 0.3) is 0 Å². The van der Waals surface area contributed by atoms with Crippen LogP contribution in [0.2, 0.25) is 0 Å². The van der Waals surface area contributed by atoms with E-state index in [4.69, 9.17) is 9.47 Å². The second kappa shape index (κ2) is 8.38. The lowest BCUT2D eigenvalue weighted by Crippen LogP contribution is -2.16. The third kappa shape index (κ3) is 5.43. The molecule has 0 saturated carbocycles. The molecule has 1 rings (SSSR count). The summed E-state index contributed by atoms with van der Waals surface area (Å²) in [5, 5.41) is 8.36. The molecule has 1 aromatic heterocycles. The molecule has 0 amide bonds. The van der Waals surface area contributed by atoms with Crippen molar-refractivity contribution in [2.45, 2.75) is 39.9 Å². The van der Waals surface area contributed by atoms with Gasteiger partial charge in [0.1, 0.15) is 10.7 Å². The van der Waals surface area contributed by atoms with E-state index in [9.17, 15) is 0 Å². The molecule has 0 fully saturated rings. The zero-order valence-electron chi connectivity index (χ0n) is 10.7. The largest absolute Gasteiger partial charge is 0.379 e. The second-order valence-corrected chi connectivity index (χ2v) is 4.51. The van der Waals surface area contributed by atoms with Crippen molar-refractivity contribution < 1.29 is 9.47 Å². The van der Waals surface area contributed by atoms with Crippen LogP contribution in [-0.4, -0.2) is 35.4 Å². The molecule has 1 N–H and O–H groups in total. The van der Waals surface area contributed by atoms with Crippen molar-refractivity contribution in [1.82, 2.24) is 9.59 Å². The first-order valence-electron chi connectivity index (χ1n) is 6.02. The molecule has 0 radical (unpaired) electrons. The molecular weight excluding hydrogens is 238 g/mol. The monoisotopic (exact) mass is 259 g/mol. The molecule has 0 spiro atoms. The van der Waals surface area contributed by atoms with Gasteiger partial charge < -0.3 is 14.8 Å². The Morgan fingerprint density at radius 2 is 2.24 bits per heavy atom. The summed E-state index contributed by atoms with van der Waals surface area (Å²) in [7, 11) is 0. The Bertz CT molecular complexity index is 307. The van der Waals surface area contributed by atoms with E-state index in [1.165, 1.54) is 11.5 Å². The van der Waals surface area contributed by atoms with E-state index in [0.29, 0.717) is 13.2 Å². The molecule has 0 aliphatic rings. The SMILES string of the molecule is CCCNc1snnc1COC(C)COCC. The number of aromatic nitrogens is 2. The van der Waals surface area contributed by atoms with E-state index in [1.807, 2.05) is 13.8 Å².